The summed E-state index contributed by atoms with van der Waals surface area (Å²) in [6.45, 7) is -0.113. The zero-order valence-electron chi connectivity index (χ0n) is 9.82. The lowest BCUT2D eigenvalue weighted by molar-refractivity contribution is 0.350. The summed E-state index contributed by atoms with van der Waals surface area (Å²) < 4.78 is 0. The standard InChI is InChI=1S/C14H10Cl2OS2/c15-11-3-4-13(16)14(7-11)19-9-12-6-10(8-18-12)2-1-5-17/h3-4,6-8,17H,5,9H2. The topological polar surface area (TPSA) is 20.2 Å². The molecule has 0 spiro atoms. The summed E-state index contributed by atoms with van der Waals surface area (Å²) in [4.78, 5) is 2.19. The first kappa shape index (κ1) is 14.8. The maximum absolute atomic E-state index is 8.64. The molecule has 1 aromatic carbocycles. The van der Waals surface area contributed by atoms with E-state index in [4.69, 9.17) is 28.3 Å². The van der Waals surface area contributed by atoms with Crippen molar-refractivity contribution >= 4 is 46.3 Å². The Morgan fingerprint density at radius 1 is 1.26 bits per heavy atom. The number of aliphatic hydroxyl groups is 1. The smallest absolute Gasteiger partial charge is 0.104 e. The number of rotatable bonds is 3. The van der Waals surface area contributed by atoms with Crippen LogP contribution in [0.15, 0.2) is 34.5 Å². The maximum Gasteiger partial charge on any atom is 0.104 e. The van der Waals surface area contributed by atoms with Crippen LogP contribution in [-0.2, 0) is 5.75 Å². The van der Waals surface area contributed by atoms with Crippen LogP contribution in [0.3, 0.4) is 0 Å². The molecule has 1 N–H and O–H groups in total. The van der Waals surface area contributed by atoms with Crippen LogP contribution >= 0.6 is 46.3 Å². The summed E-state index contributed by atoms with van der Waals surface area (Å²) >= 11 is 15.4. The first-order valence-electron chi connectivity index (χ1n) is 5.44. The number of hydrogen-bond acceptors (Lipinski definition) is 3. The van der Waals surface area contributed by atoms with Crippen molar-refractivity contribution in [2.45, 2.75) is 10.6 Å². The highest BCUT2D eigenvalue weighted by molar-refractivity contribution is 7.98. The maximum atomic E-state index is 8.64. The molecule has 0 unspecified atom stereocenters. The third kappa shape index (κ3) is 4.45. The molecule has 2 aromatic rings. The number of halogens is 2. The lowest BCUT2D eigenvalue weighted by Gasteiger charge is -2.03. The van der Waals surface area contributed by atoms with Gasteiger partial charge < -0.3 is 5.11 Å². The molecule has 98 valence electrons. The van der Waals surface area contributed by atoms with Crippen LogP contribution in [0.2, 0.25) is 10.0 Å². The molecular formula is C14H10Cl2OS2. The fraction of sp³-hybridized carbons (Fsp3) is 0.143. The van der Waals surface area contributed by atoms with E-state index in [1.165, 1.54) is 4.88 Å². The van der Waals surface area contributed by atoms with Gasteiger partial charge in [-0.3, -0.25) is 0 Å². The van der Waals surface area contributed by atoms with Gasteiger partial charge in [-0.1, -0.05) is 35.0 Å². The molecule has 0 radical (unpaired) electrons. The number of aliphatic hydroxyl groups excluding tert-OH is 1. The highest BCUT2D eigenvalue weighted by atomic mass is 35.5. The van der Waals surface area contributed by atoms with Crippen molar-refractivity contribution in [1.29, 1.82) is 0 Å². The number of hydrogen-bond donors (Lipinski definition) is 1. The van der Waals surface area contributed by atoms with Crippen molar-refractivity contribution in [3.63, 3.8) is 0 Å². The number of thiophene rings is 1. The van der Waals surface area contributed by atoms with Gasteiger partial charge in [-0.15, -0.1) is 23.1 Å². The van der Waals surface area contributed by atoms with Crippen LogP contribution in [0.25, 0.3) is 0 Å². The highest BCUT2D eigenvalue weighted by Gasteiger charge is 2.04. The molecule has 0 atom stereocenters. The number of thioether (sulfide) groups is 1. The van der Waals surface area contributed by atoms with Crippen LogP contribution in [0.4, 0.5) is 0 Å². The third-order valence-electron chi connectivity index (χ3n) is 2.23. The molecular weight excluding hydrogens is 319 g/mol. The predicted molar refractivity (Wildman–Crippen MR) is 84.3 cm³/mol. The van der Waals surface area contributed by atoms with Gasteiger partial charge in [0, 0.05) is 31.5 Å². The molecule has 1 heterocycles. The van der Waals surface area contributed by atoms with Crippen molar-refractivity contribution in [2.75, 3.05) is 6.61 Å². The van der Waals surface area contributed by atoms with Crippen LogP contribution in [0.1, 0.15) is 10.4 Å². The molecule has 2 rings (SSSR count). The Labute approximate surface area is 130 Å². The van der Waals surface area contributed by atoms with E-state index in [1.807, 2.05) is 17.5 Å². The molecule has 19 heavy (non-hydrogen) atoms. The van der Waals surface area contributed by atoms with Crippen molar-refractivity contribution in [3.05, 3.63) is 50.1 Å². The van der Waals surface area contributed by atoms with Gasteiger partial charge in [0.25, 0.3) is 0 Å². The minimum atomic E-state index is -0.113. The van der Waals surface area contributed by atoms with Gasteiger partial charge >= 0.3 is 0 Å². The SMILES string of the molecule is OCC#Cc1csc(CSc2cc(Cl)ccc2Cl)c1. The van der Waals surface area contributed by atoms with E-state index >= 15 is 0 Å². The Morgan fingerprint density at radius 3 is 2.89 bits per heavy atom. The van der Waals surface area contributed by atoms with Gasteiger partial charge in [0.1, 0.15) is 6.61 Å². The van der Waals surface area contributed by atoms with Gasteiger partial charge in [0.2, 0.25) is 0 Å². The second-order valence-electron chi connectivity index (χ2n) is 3.63. The van der Waals surface area contributed by atoms with Gasteiger partial charge in [-0.05, 0) is 24.3 Å². The van der Waals surface area contributed by atoms with Gasteiger partial charge in [0.05, 0.1) is 5.02 Å². The summed E-state index contributed by atoms with van der Waals surface area (Å²) in [7, 11) is 0. The molecule has 0 fully saturated rings. The van der Waals surface area contributed by atoms with E-state index in [9.17, 15) is 0 Å². The molecule has 0 aliphatic heterocycles. The Balaban J connectivity index is 2.02. The molecule has 0 aliphatic rings. The molecule has 0 aliphatic carbocycles. The van der Waals surface area contributed by atoms with E-state index in [0.29, 0.717) is 10.0 Å². The minimum Gasteiger partial charge on any atom is -0.384 e. The second-order valence-corrected chi connectivity index (χ2v) is 6.48. The quantitative estimate of drug-likeness (QED) is 0.651. The molecule has 0 amide bonds. The largest absolute Gasteiger partial charge is 0.384 e. The fourth-order valence-corrected chi connectivity index (χ4v) is 3.76. The van der Waals surface area contributed by atoms with Crippen molar-refractivity contribution in [2.24, 2.45) is 0 Å². The normalized spacial score (nSPS) is 10.1. The van der Waals surface area contributed by atoms with Crippen LogP contribution in [0.5, 0.6) is 0 Å². The minimum absolute atomic E-state index is 0.113. The Morgan fingerprint density at radius 2 is 2.11 bits per heavy atom. The molecule has 1 aromatic heterocycles. The second kappa shape index (κ2) is 7.23. The van der Waals surface area contributed by atoms with Gasteiger partial charge in [-0.25, -0.2) is 0 Å². The summed E-state index contributed by atoms with van der Waals surface area (Å²) in [5, 5.41) is 12.0. The van der Waals surface area contributed by atoms with E-state index in [2.05, 4.69) is 11.8 Å². The molecule has 5 heteroatoms. The molecule has 0 bridgehead atoms. The Bertz CT molecular complexity index is 626. The molecule has 1 nitrogen and oxygen atoms in total. The van der Waals surface area contributed by atoms with Gasteiger partial charge in [0.15, 0.2) is 0 Å². The summed E-state index contributed by atoms with van der Waals surface area (Å²) in [5.74, 6) is 6.35. The van der Waals surface area contributed by atoms with Crippen molar-refractivity contribution in [1.82, 2.24) is 0 Å². The van der Waals surface area contributed by atoms with E-state index in [1.54, 1.807) is 35.2 Å². The van der Waals surface area contributed by atoms with Crippen LogP contribution in [0, 0.1) is 11.8 Å². The highest BCUT2D eigenvalue weighted by Crippen LogP contribution is 2.33. The summed E-state index contributed by atoms with van der Waals surface area (Å²) in [5.41, 5.74) is 0.937. The van der Waals surface area contributed by atoms with Crippen LogP contribution < -0.4 is 0 Å². The third-order valence-corrected chi connectivity index (χ3v) is 5.13. The Hall–Kier alpha value is -0.630. The monoisotopic (exact) mass is 328 g/mol. The average molecular weight is 329 g/mol. The van der Waals surface area contributed by atoms with Crippen LogP contribution in [-0.4, -0.2) is 11.7 Å². The van der Waals surface area contributed by atoms with E-state index in [0.717, 1.165) is 16.2 Å². The zero-order chi connectivity index (χ0) is 13.7. The van der Waals surface area contributed by atoms with E-state index in [-0.39, 0.29) is 6.61 Å². The lowest BCUT2D eigenvalue weighted by atomic mass is 10.3. The first-order valence-corrected chi connectivity index (χ1v) is 8.06. The molecule has 0 saturated carbocycles. The zero-order valence-corrected chi connectivity index (χ0v) is 13.0. The average Bonchev–Trinajstić information content (AvgIpc) is 2.85. The molecule has 0 saturated heterocycles. The number of benzene rings is 1. The first-order chi connectivity index (χ1) is 9.19. The summed E-state index contributed by atoms with van der Waals surface area (Å²) in [6, 6.07) is 7.48. The van der Waals surface area contributed by atoms with Crippen molar-refractivity contribution in [3.8, 4) is 11.8 Å². The predicted octanol–water partition coefficient (Wildman–Crippen LogP) is 4.69. The fourth-order valence-electron chi connectivity index (χ4n) is 1.40. The van der Waals surface area contributed by atoms with Gasteiger partial charge in [-0.2, -0.15) is 0 Å². The summed E-state index contributed by atoms with van der Waals surface area (Å²) in [6.07, 6.45) is 0. The van der Waals surface area contributed by atoms with E-state index < -0.39 is 0 Å². The Kier molecular flexibility index (Phi) is 5.62. The van der Waals surface area contributed by atoms with Crippen molar-refractivity contribution < 1.29 is 5.11 Å². The lowest BCUT2D eigenvalue weighted by Crippen LogP contribution is -1.78.